The summed E-state index contributed by atoms with van der Waals surface area (Å²) in [6.45, 7) is 13.3. The molecule has 1 N–H and O–H groups in total. The van der Waals surface area contributed by atoms with Crippen LogP contribution < -0.4 is 10.8 Å². The van der Waals surface area contributed by atoms with Crippen molar-refractivity contribution in [3.63, 3.8) is 0 Å². The zero-order valence-corrected chi connectivity index (χ0v) is 18.6. The minimum absolute atomic E-state index is 0.0252. The molecule has 1 unspecified atom stereocenters. The molecule has 1 atom stereocenters. The van der Waals surface area contributed by atoms with Crippen molar-refractivity contribution in [3.8, 4) is 0 Å². The first-order chi connectivity index (χ1) is 13.2. The van der Waals surface area contributed by atoms with Crippen LogP contribution in [0.1, 0.15) is 66.5 Å². The van der Waals surface area contributed by atoms with E-state index in [1.54, 1.807) is 20.8 Å². The highest BCUT2D eigenvalue weighted by atomic mass is 16.7. The third-order valence-electron chi connectivity index (χ3n) is 5.13. The summed E-state index contributed by atoms with van der Waals surface area (Å²) in [6, 6.07) is 6.83. The SMILES string of the molecule is COC(=O)CC(NC(=O)OC(C)(C)C)c1cccc(B2OC(C)(C)C(C)(C)O2)c1. The van der Waals surface area contributed by atoms with Gasteiger partial charge in [0.05, 0.1) is 30.8 Å². The number of methoxy groups -OCH3 is 1. The molecule has 1 amide bonds. The molecule has 1 aromatic carbocycles. The largest absolute Gasteiger partial charge is 0.494 e. The fourth-order valence-electron chi connectivity index (χ4n) is 2.85. The maximum Gasteiger partial charge on any atom is 0.494 e. The van der Waals surface area contributed by atoms with Gasteiger partial charge < -0.3 is 24.1 Å². The Labute approximate surface area is 173 Å². The molecule has 1 aliphatic rings. The summed E-state index contributed by atoms with van der Waals surface area (Å²) >= 11 is 0. The molecule has 1 aromatic rings. The Balaban J connectivity index is 2.26. The van der Waals surface area contributed by atoms with E-state index in [-0.39, 0.29) is 6.42 Å². The lowest BCUT2D eigenvalue weighted by molar-refractivity contribution is -0.141. The molecule has 7 nitrogen and oxygen atoms in total. The molecule has 1 aliphatic heterocycles. The van der Waals surface area contributed by atoms with Crippen molar-refractivity contribution in [2.45, 2.75) is 77.7 Å². The van der Waals surface area contributed by atoms with Gasteiger partial charge in [0.2, 0.25) is 0 Å². The van der Waals surface area contributed by atoms with Gasteiger partial charge in [-0.15, -0.1) is 0 Å². The topological polar surface area (TPSA) is 83.1 Å². The lowest BCUT2D eigenvalue weighted by Crippen LogP contribution is -2.41. The highest BCUT2D eigenvalue weighted by Crippen LogP contribution is 2.36. The molecule has 2 rings (SSSR count). The van der Waals surface area contributed by atoms with E-state index in [0.717, 1.165) is 11.0 Å². The van der Waals surface area contributed by atoms with Crippen LogP contribution >= 0.6 is 0 Å². The number of amides is 1. The molecule has 1 heterocycles. The van der Waals surface area contributed by atoms with Crippen molar-refractivity contribution in [1.29, 1.82) is 0 Å². The minimum atomic E-state index is -0.648. The zero-order valence-electron chi connectivity index (χ0n) is 18.6. The van der Waals surface area contributed by atoms with Gasteiger partial charge in [0.25, 0.3) is 0 Å². The van der Waals surface area contributed by atoms with Gasteiger partial charge in [-0.25, -0.2) is 4.79 Å². The molecule has 0 radical (unpaired) electrons. The molecule has 29 heavy (non-hydrogen) atoms. The van der Waals surface area contributed by atoms with Crippen LogP contribution in [0.15, 0.2) is 24.3 Å². The van der Waals surface area contributed by atoms with Crippen LogP contribution in [0.2, 0.25) is 0 Å². The van der Waals surface area contributed by atoms with E-state index in [1.165, 1.54) is 7.11 Å². The molecule has 8 heteroatoms. The Kier molecular flexibility index (Phi) is 6.70. The molecular formula is C21H32BNO6. The average molecular weight is 405 g/mol. The Bertz CT molecular complexity index is 740. The van der Waals surface area contributed by atoms with Crippen LogP contribution in [0.4, 0.5) is 4.79 Å². The van der Waals surface area contributed by atoms with Crippen LogP contribution in [-0.2, 0) is 23.6 Å². The summed E-state index contributed by atoms with van der Waals surface area (Å²) in [5.74, 6) is -0.438. The number of hydrogen-bond donors (Lipinski definition) is 1. The second kappa shape index (κ2) is 8.36. The average Bonchev–Trinajstić information content (AvgIpc) is 2.80. The second-order valence-electron chi connectivity index (χ2n) is 9.24. The number of ether oxygens (including phenoxy) is 2. The molecule has 0 bridgehead atoms. The molecule has 0 aromatic heterocycles. The summed E-state index contributed by atoms with van der Waals surface area (Å²) in [5, 5.41) is 2.76. The number of alkyl carbamates (subject to hydrolysis) is 1. The number of hydrogen-bond acceptors (Lipinski definition) is 6. The summed E-state index contributed by atoms with van der Waals surface area (Å²) < 4.78 is 22.3. The molecule has 1 fully saturated rings. The Morgan fingerprint density at radius 2 is 1.72 bits per heavy atom. The fraction of sp³-hybridized carbons (Fsp3) is 0.619. The summed E-state index contributed by atoms with van der Waals surface area (Å²) in [6.07, 6.45) is -0.629. The third kappa shape index (κ3) is 5.96. The Morgan fingerprint density at radius 1 is 1.14 bits per heavy atom. The van der Waals surface area contributed by atoms with E-state index in [1.807, 2.05) is 52.0 Å². The van der Waals surface area contributed by atoms with Gasteiger partial charge in [0, 0.05) is 0 Å². The quantitative estimate of drug-likeness (QED) is 0.599. The summed E-state index contributed by atoms with van der Waals surface area (Å²) in [4.78, 5) is 24.2. The number of rotatable bonds is 5. The Hall–Kier alpha value is -2.06. The van der Waals surface area contributed by atoms with Crippen LogP contribution in [0.5, 0.6) is 0 Å². The van der Waals surface area contributed by atoms with E-state index >= 15 is 0 Å². The third-order valence-corrected chi connectivity index (χ3v) is 5.13. The van der Waals surface area contributed by atoms with Gasteiger partial charge in [-0.1, -0.05) is 24.3 Å². The van der Waals surface area contributed by atoms with Gasteiger partial charge in [-0.2, -0.15) is 0 Å². The van der Waals surface area contributed by atoms with Crippen molar-refractivity contribution >= 4 is 24.6 Å². The lowest BCUT2D eigenvalue weighted by atomic mass is 9.78. The van der Waals surface area contributed by atoms with Crippen LogP contribution in [-0.4, -0.2) is 43.1 Å². The fourth-order valence-corrected chi connectivity index (χ4v) is 2.85. The molecule has 0 spiro atoms. The van der Waals surface area contributed by atoms with Crippen molar-refractivity contribution < 1.29 is 28.4 Å². The second-order valence-corrected chi connectivity index (χ2v) is 9.24. The first kappa shape index (κ1) is 23.2. The standard InChI is InChI=1S/C21H32BNO6/c1-19(2,3)27-18(25)23-16(13-17(24)26-8)14-10-9-11-15(12-14)22-28-20(4,5)21(6,7)29-22/h9-12,16H,13H2,1-8H3,(H,23,25). The molecule has 0 aliphatic carbocycles. The Morgan fingerprint density at radius 3 is 2.24 bits per heavy atom. The molecule has 0 saturated carbocycles. The smallest absolute Gasteiger partial charge is 0.469 e. The first-order valence-corrected chi connectivity index (χ1v) is 9.76. The van der Waals surface area contributed by atoms with E-state index in [9.17, 15) is 9.59 Å². The number of carbonyl (C=O) groups is 2. The van der Waals surface area contributed by atoms with Gasteiger partial charge in [-0.05, 0) is 59.5 Å². The highest BCUT2D eigenvalue weighted by molar-refractivity contribution is 6.62. The number of benzene rings is 1. The first-order valence-electron chi connectivity index (χ1n) is 9.76. The van der Waals surface area contributed by atoms with Gasteiger partial charge >= 0.3 is 19.2 Å². The zero-order chi connectivity index (χ0) is 22.0. The van der Waals surface area contributed by atoms with Gasteiger partial charge in [0.1, 0.15) is 5.60 Å². The minimum Gasteiger partial charge on any atom is -0.469 e. The summed E-state index contributed by atoms with van der Waals surface area (Å²) in [5.41, 5.74) is -0.0398. The van der Waals surface area contributed by atoms with E-state index in [2.05, 4.69) is 5.32 Å². The maximum absolute atomic E-state index is 12.3. The monoisotopic (exact) mass is 405 g/mol. The van der Waals surface area contributed by atoms with Crippen LogP contribution in [0, 0.1) is 0 Å². The van der Waals surface area contributed by atoms with Crippen molar-refractivity contribution in [2.75, 3.05) is 7.11 Å². The normalized spacial score (nSPS) is 18.8. The molecule has 1 saturated heterocycles. The summed E-state index contributed by atoms with van der Waals surface area (Å²) in [7, 11) is 0.772. The van der Waals surface area contributed by atoms with Gasteiger partial charge in [-0.3, -0.25) is 4.79 Å². The van der Waals surface area contributed by atoms with Crippen molar-refractivity contribution in [1.82, 2.24) is 5.32 Å². The maximum atomic E-state index is 12.3. The highest BCUT2D eigenvalue weighted by Gasteiger charge is 2.51. The number of nitrogens with one attached hydrogen (secondary N) is 1. The van der Waals surface area contributed by atoms with E-state index < -0.39 is 42.0 Å². The van der Waals surface area contributed by atoms with Crippen molar-refractivity contribution in [3.05, 3.63) is 29.8 Å². The predicted molar refractivity (Wildman–Crippen MR) is 111 cm³/mol. The molecular weight excluding hydrogens is 373 g/mol. The van der Waals surface area contributed by atoms with Crippen LogP contribution in [0.25, 0.3) is 0 Å². The van der Waals surface area contributed by atoms with Crippen molar-refractivity contribution in [2.24, 2.45) is 0 Å². The number of esters is 1. The van der Waals surface area contributed by atoms with Crippen LogP contribution in [0.3, 0.4) is 0 Å². The number of carbonyl (C=O) groups excluding carboxylic acids is 2. The predicted octanol–water partition coefficient (Wildman–Crippen LogP) is 3.11. The van der Waals surface area contributed by atoms with E-state index in [0.29, 0.717) is 0 Å². The van der Waals surface area contributed by atoms with Gasteiger partial charge in [0.15, 0.2) is 0 Å². The van der Waals surface area contributed by atoms with E-state index in [4.69, 9.17) is 18.8 Å². The lowest BCUT2D eigenvalue weighted by Gasteiger charge is -2.32. The molecule has 160 valence electrons.